The zero-order valence-corrected chi connectivity index (χ0v) is 12.6. The topological polar surface area (TPSA) is 30.7 Å². The van der Waals surface area contributed by atoms with E-state index in [-0.39, 0.29) is 11.2 Å². The van der Waals surface area contributed by atoms with Gasteiger partial charge in [0.2, 0.25) is 0 Å². The van der Waals surface area contributed by atoms with Gasteiger partial charge in [-0.15, -0.1) is 11.6 Å². The highest BCUT2D eigenvalue weighted by atomic mass is 35.5. The molecule has 1 aromatic carbocycles. The van der Waals surface area contributed by atoms with Gasteiger partial charge in [0, 0.05) is 6.20 Å². The first-order chi connectivity index (χ1) is 10.1. The van der Waals surface area contributed by atoms with Gasteiger partial charge in [0.25, 0.3) is 0 Å². The minimum absolute atomic E-state index is 0.243. The third kappa shape index (κ3) is 2.63. The van der Waals surface area contributed by atoms with Crippen LogP contribution in [-0.4, -0.2) is 14.5 Å². The van der Waals surface area contributed by atoms with Crippen LogP contribution in [-0.2, 0) is 6.54 Å². The van der Waals surface area contributed by atoms with Gasteiger partial charge in [0.1, 0.15) is 17.2 Å². The number of fused-ring (bicyclic) bond motifs is 1. The average Bonchev–Trinajstić information content (AvgIpc) is 2.80. The number of hydrogen-bond donors (Lipinski definition) is 0. The van der Waals surface area contributed by atoms with Crippen molar-refractivity contribution in [2.24, 2.45) is 0 Å². The fourth-order valence-electron chi connectivity index (χ4n) is 2.43. The van der Waals surface area contributed by atoms with Gasteiger partial charge in [0.05, 0.1) is 11.9 Å². The van der Waals surface area contributed by atoms with Crippen LogP contribution < -0.4 is 0 Å². The van der Waals surface area contributed by atoms with Gasteiger partial charge in [-0.25, -0.2) is 14.4 Å². The van der Waals surface area contributed by atoms with Gasteiger partial charge < -0.3 is 4.57 Å². The molecule has 5 heteroatoms. The molecule has 0 aliphatic carbocycles. The molecule has 0 spiro atoms. The molecule has 3 rings (SSSR count). The predicted molar refractivity (Wildman–Crippen MR) is 82.0 cm³/mol. The van der Waals surface area contributed by atoms with Gasteiger partial charge in [-0.1, -0.05) is 12.1 Å². The Balaban J connectivity index is 2.16. The third-order valence-electron chi connectivity index (χ3n) is 3.45. The van der Waals surface area contributed by atoms with E-state index >= 15 is 0 Å². The number of imidazole rings is 1. The summed E-state index contributed by atoms with van der Waals surface area (Å²) in [5.74, 6) is 0.499. The standard InChI is InChI=1S/C16H15ClFN3/c1-10-6-7-19-16-14(10)20-15(11(2)17)21(16)9-12-4-3-5-13(18)8-12/h3-8,11H,9H2,1-2H3. The van der Waals surface area contributed by atoms with E-state index in [9.17, 15) is 4.39 Å². The molecule has 2 aromatic heterocycles. The second kappa shape index (κ2) is 5.45. The number of pyridine rings is 1. The van der Waals surface area contributed by atoms with Crippen LogP contribution in [0.25, 0.3) is 11.2 Å². The Kier molecular flexibility index (Phi) is 3.64. The number of benzene rings is 1. The monoisotopic (exact) mass is 303 g/mol. The van der Waals surface area contributed by atoms with Crippen molar-refractivity contribution in [3.05, 3.63) is 59.3 Å². The van der Waals surface area contributed by atoms with Crippen molar-refractivity contribution in [2.75, 3.05) is 0 Å². The summed E-state index contributed by atoms with van der Waals surface area (Å²) in [4.78, 5) is 9.02. The summed E-state index contributed by atoms with van der Waals surface area (Å²) in [5.41, 5.74) is 3.53. The molecule has 0 bridgehead atoms. The first-order valence-corrected chi connectivity index (χ1v) is 7.20. The maximum atomic E-state index is 13.4. The van der Waals surface area contributed by atoms with E-state index in [0.29, 0.717) is 6.54 Å². The van der Waals surface area contributed by atoms with Crippen molar-refractivity contribution in [1.82, 2.24) is 14.5 Å². The lowest BCUT2D eigenvalue weighted by Crippen LogP contribution is -2.06. The van der Waals surface area contributed by atoms with Crippen LogP contribution >= 0.6 is 11.6 Å². The zero-order chi connectivity index (χ0) is 15.0. The first-order valence-electron chi connectivity index (χ1n) is 6.76. The quantitative estimate of drug-likeness (QED) is 0.678. The maximum absolute atomic E-state index is 13.4. The molecule has 0 fully saturated rings. The van der Waals surface area contributed by atoms with E-state index < -0.39 is 0 Å². The highest BCUT2D eigenvalue weighted by Crippen LogP contribution is 2.26. The van der Waals surface area contributed by atoms with Crippen molar-refractivity contribution in [3.8, 4) is 0 Å². The maximum Gasteiger partial charge on any atom is 0.160 e. The van der Waals surface area contributed by atoms with E-state index in [1.807, 2.05) is 30.5 Å². The summed E-state index contributed by atoms with van der Waals surface area (Å²) in [5, 5.41) is -0.243. The summed E-state index contributed by atoms with van der Waals surface area (Å²) in [7, 11) is 0. The van der Waals surface area contributed by atoms with Gasteiger partial charge in [-0.05, 0) is 43.2 Å². The Morgan fingerprint density at radius 2 is 2.14 bits per heavy atom. The Bertz CT molecular complexity index is 795. The molecule has 2 heterocycles. The molecule has 3 nitrogen and oxygen atoms in total. The average molecular weight is 304 g/mol. The molecule has 0 aliphatic rings. The number of rotatable bonds is 3. The normalized spacial score (nSPS) is 12.8. The number of aromatic nitrogens is 3. The molecule has 3 aromatic rings. The number of halogens is 2. The number of aryl methyl sites for hydroxylation is 1. The van der Waals surface area contributed by atoms with Crippen LogP contribution in [0.4, 0.5) is 4.39 Å². The lowest BCUT2D eigenvalue weighted by atomic mass is 10.2. The lowest BCUT2D eigenvalue weighted by Gasteiger charge is -2.10. The van der Waals surface area contributed by atoms with Crippen LogP contribution in [0, 0.1) is 12.7 Å². The molecule has 108 valence electrons. The van der Waals surface area contributed by atoms with Crippen molar-refractivity contribution < 1.29 is 4.39 Å². The minimum atomic E-state index is -0.249. The number of alkyl halides is 1. The van der Waals surface area contributed by atoms with Crippen molar-refractivity contribution in [2.45, 2.75) is 25.8 Å². The molecular formula is C16H15ClFN3. The summed E-state index contributed by atoms with van der Waals surface area (Å²) < 4.78 is 15.3. The second-order valence-corrected chi connectivity index (χ2v) is 5.76. The van der Waals surface area contributed by atoms with E-state index in [1.54, 1.807) is 12.3 Å². The van der Waals surface area contributed by atoms with E-state index in [4.69, 9.17) is 11.6 Å². The summed E-state index contributed by atoms with van der Waals surface area (Å²) >= 11 is 6.24. The van der Waals surface area contributed by atoms with E-state index in [2.05, 4.69) is 9.97 Å². The molecule has 1 atom stereocenters. The van der Waals surface area contributed by atoms with Crippen LogP contribution in [0.3, 0.4) is 0 Å². The van der Waals surface area contributed by atoms with Gasteiger partial charge in [0.15, 0.2) is 5.65 Å². The van der Waals surface area contributed by atoms with Crippen LogP contribution in [0.15, 0.2) is 36.5 Å². The highest BCUT2D eigenvalue weighted by molar-refractivity contribution is 6.20. The Hall–Kier alpha value is -1.94. The third-order valence-corrected chi connectivity index (χ3v) is 3.65. The van der Waals surface area contributed by atoms with Gasteiger partial charge in [-0.3, -0.25) is 0 Å². The SMILES string of the molecule is Cc1ccnc2c1nc(C(C)Cl)n2Cc1cccc(F)c1. The minimum Gasteiger partial charge on any atom is -0.307 e. The molecule has 1 unspecified atom stereocenters. The molecule has 0 amide bonds. The smallest absolute Gasteiger partial charge is 0.160 e. The molecule has 0 radical (unpaired) electrons. The summed E-state index contributed by atoms with van der Waals surface area (Å²) in [6.07, 6.45) is 1.75. The van der Waals surface area contributed by atoms with Crippen molar-refractivity contribution in [3.63, 3.8) is 0 Å². The molecule has 0 aliphatic heterocycles. The number of hydrogen-bond acceptors (Lipinski definition) is 2. The van der Waals surface area contributed by atoms with Crippen LogP contribution in [0.5, 0.6) is 0 Å². The Morgan fingerprint density at radius 3 is 2.86 bits per heavy atom. The molecule has 0 N–H and O–H groups in total. The summed E-state index contributed by atoms with van der Waals surface area (Å²) in [6.45, 7) is 4.36. The molecule has 0 saturated heterocycles. The zero-order valence-electron chi connectivity index (χ0n) is 11.8. The highest BCUT2D eigenvalue weighted by Gasteiger charge is 2.17. The first kappa shape index (κ1) is 14.0. The fourth-order valence-corrected chi connectivity index (χ4v) is 2.60. The molecule has 21 heavy (non-hydrogen) atoms. The summed E-state index contributed by atoms with van der Waals surface area (Å²) in [6, 6.07) is 8.46. The van der Waals surface area contributed by atoms with Crippen LogP contribution in [0.2, 0.25) is 0 Å². The van der Waals surface area contributed by atoms with Crippen LogP contribution in [0.1, 0.15) is 29.3 Å². The Morgan fingerprint density at radius 1 is 1.33 bits per heavy atom. The van der Waals surface area contributed by atoms with Crippen molar-refractivity contribution >= 4 is 22.8 Å². The van der Waals surface area contributed by atoms with E-state index in [0.717, 1.165) is 28.1 Å². The Labute approximate surface area is 127 Å². The largest absolute Gasteiger partial charge is 0.307 e. The second-order valence-electron chi connectivity index (χ2n) is 5.10. The molecule has 0 saturated carbocycles. The number of nitrogens with zero attached hydrogens (tertiary/aromatic N) is 3. The lowest BCUT2D eigenvalue weighted by molar-refractivity contribution is 0.622. The van der Waals surface area contributed by atoms with Gasteiger partial charge >= 0.3 is 0 Å². The predicted octanol–water partition coefficient (Wildman–Crippen LogP) is 4.23. The van der Waals surface area contributed by atoms with E-state index in [1.165, 1.54) is 12.1 Å². The molecular weight excluding hydrogens is 289 g/mol. The van der Waals surface area contributed by atoms with Crippen molar-refractivity contribution in [1.29, 1.82) is 0 Å². The fraction of sp³-hybridized carbons (Fsp3) is 0.250. The van der Waals surface area contributed by atoms with Gasteiger partial charge in [-0.2, -0.15) is 0 Å².